The lowest BCUT2D eigenvalue weighted by molar-refractivity contribution is -0.139. The van der Waals surface area contributed by atoms with E-state index in [2.05, 4.69) is 0 Å². The van der Waals surface area contributed by atoms with Crippen molar-refractivity contribution in [2.75, 3.05) is 18.1 Å². The summed E-state index contributed by atoms with van der Waals surface area (Å²) in [5.41, 5.74) is 5.98. The van der Waals surface area contributed by atoms with Gasteiger partial charge < -0.3 is 15.6 Å². The molecule has 1 aromatic rings. The van der Waals surface area contributed by atoms with Crippen LogP contribution in [0.1, 0.15) is 17.3 Å². The van der Waals surface area contributed by atoms with Gasteiger partial charge >= 0.3 is 11.9 Å². The fourth-order valence-corrected chi connectivity index (χ4v) is 2.00. The van der Waals surface area contributed by atoms with Crippen LogP contribution in [-0.4, -0.2) is 29.4 Å². The number of benzene rings is 1. The Hall–Kier alpha value is -1.69. The molecule has 3 N–H and O–H groups in total. The maximum absolute atomic E-state index is 11.1. The molecule has 0 aliphatic carbocycles. The molecule has 0 fully saturated rings. The van der Waals surface area contributed by atoms with Crippen molar-refractivity contribution >= 4 is 29.4 Å². The molecule has 0 aliphatic rings. The van der Waals surface area contributed by atoms with Gasteiger partial charge in [0.15, 0.2) is 0 Å². The van der Waals surface area contributed by atoms with Crippen molar-refractivity contribution < 1.29 is 19.4 Å². The molecule has 0 saturated heterocycles. The van der Waals surface area contributed by atoms with Crippen molar-refractivity contribution in [2.24, 2.45) is 0 Å². The highest BCUT2D eigenvalue weighted by Crippen LogP contribution is 2.25. The van der Waals surface area contributed by atoms with E-state index in [4.69, 9.17) is 15.6 Å². The number of anilines is 1. The van der Waals surface area contributed by atoms with Gasteiger partial charge in [-0.05, 0) is 25.1 Å². The molecular formula is C11H13NO4S. The number of nitrogens with two attached hydrogens (primary N) is 1. The summed E-state index contributed by atoms with van der Waals surface area (Å²) < 4.78 is 4.76. The predicted octanol–water partition coefficient (Wildman–Crippen LogP) is 1.62. The molecule has 17 heavy (non-hydrogen) atoms. The summed E-state index contributed by atoms with van der Waals surface area (Å²) >= 11 is 1.12. The first-order valence-corrected chi connectivity index (χ1v) is 5.94. The Labute approximate surface area is 103 Å². The minimum absolute atomic E-state index is 0.0814. The second-order valence-corrected chi connectivity index (χ2v) is 4.17. The smallest absolute Gasteiger partial charge is 0.336 e. The number of carbonyl (C=O) groups excluding carboxylic acids is 1. The lowest BCUT2D eigenvalue weighted by atomic mass is 10.2. The Morgan fingerprint density at radius 3 is 2.76 bits per heavy atom. The highest BCUT2D eigenvalue weighted by atomic mass is 32.2. The minimum atomic E-state index is -1.07. The fourth-order valence-electron chi connectivity index (χ4n) is 1.18. The molecule has 6 heteroatoms. The van der Waals surface area contributed by atoms with Crippen molar-refractivity contribution in [3.05, 3.63) is 23.8 Å². The van der Waals surface area contributed by atoms with Crippen molar-refractivity contribution in [3.8, 4) is 0 Å². The third kappa shape index (κ3) is 3.99. The molecule has 1 rings (SSSR count). The average Bonchev–Trinajstić information content (AvgIpc) is 2.27. The Bertz CT molecular complexity index is 433. The molecule has 0 amide bonds. The highest BCUT2D eigenvalue weighted by Gasteiger charge is 2.12. The van der Waals surface area contributed by atoms with Gasteiger partial charge in [-0.1, -0.05) is 0 Å². The van der Waals surface area contributed by atoms with E-state index in [1.165, 1.54) is 6.07 Å². The van der Waals surface area contributed by atoms with Crippen LogP contribution < -0.4 is 5.73 Å². The van der Waals surface area contributed by atoms with Crippen molar-refractivity contribution in [2.45, 2.75) is 11.8 Å². The second kappa shape index (κ2) is 6.15. The SMILES string of the molecule is CCOC(=O)CSc1ccc(N)cc1C(=O)O. The van der Waals surface area contributed by atoms with Gasteiger partial charge in [0.25, 0.3) is 0 Å². The van der Waals surface area contributed by atoms with Crippen LogP contribution >= 0.6 is 11.8 Å². The summed E-state index contributed by atoms with van der Waals surface area (Å²) in [4.78, 5) is 22.6. The molecule has 0 aromatic heterocycles. The van der Waals surface area contributed by atoms with Crippen LogP contribution in [0.5, 0.6) is 0 Å². The zero-order valence-corrected chi connectivity index (χ0v) is 10.1. The number of aromatic carboxylic acids is 1. The average molecular weight is 255 g/mol. The summed E-state index contributed by atoms with van der Waals surface area (Å²) in [5, 5.41) is 8.97. The van der Waals surface area contributed by atoms with Crippen LogP contribution in [-0.2, 0) is 9.53 Å². The van der Waals surface area contributed by atoms with E-state index < -0.39 is 5.97 Å². The number of hydrogen-bond acceptors (Lipinski definition) is 5. The molecule has 0 radical (unpaired) electrons. The van der Waals surface area contributed by atoms with Gasteiger partial charge in [-0.25, -0.2) is 4.79 Å². The number of carbonyl (C=O) groups is 2. The van der Waals surface area contributed by atoms with Gasteiger partial charge in [-0.15, -0.1) is 11.8 Å². The van der Waals surface area contributed by atoms with Crippen molar-refractivity contribution in [1.29, 1.82) is 0 Å². The van der Waals surface area contributed by atoms with E-state index >= 15 is 0 Å². The largest absolute Gasteiger partial charge is 0.478 e. The molecule has 5 nitrogen and oxygen atoms in total. The van der Waals surface area contributed by atoms with E-state index in [9.17, 15) is 9.59 Å². The third-order valence-corrected chi connectivity index (χ3v) is 2.93. The van der Waals surface area contributed by atoms with Crippen LogP contribution in [0, 0.1) is 0 Å². The molecule has 0 bridgehead atoms. The van der Waals surface area contributed by atoms with E-state index in [0.29, 0.717) is 17.2 Å². The molecule has 0 unspecified atom stereocenters. The number of ether oxygens (including phenoxy) is 1. The number of esters is 1. The number of nitrogen functional groups attached to an aromatic ring is 1. The Kier molecular flexibility index (Phi) is 4.84. The summed E-state index contributed by atoms with van der Waals surface area (Å²) in [5.74, 6) is -1.35. The molecule has 92 valence electrons. The molecule has 0 spiro atoms. The Morgan fingerprint density at radius 2 is 2.18 bits per heavy atom. The van der Waals surface area contributed by atoms with Gasteiger partial charge in [-0.2, -0.15) is 0 Å². The van der Waals surface area contributed by atoms with Gasteiger partial charge in [0.1, 0.15) is 0 Å². The molecule has 0 atom stereocenters. The molecular weight excluding hydrogens is 242 g/mol. The van der Waals surface area contributed by atoms with Gasteiger partial charge in [0.2, 0.25) is 0 Å². The number of rotatable bonds is 5. The van der Waals surface area contributed by atoms with Crippen molar-refractivity contribution in [3.63, 3.8) is 0 Å². The monoisotopic (exact) mass is 255 g/mol. The highest BCUT2D eigenvalue weighted by molar-refractivity contribution is 8.00. The van der Waals surface area contributed by atoms with E-state index in [0.717, 1.165) is 11.8 Å². The maximum Gasteiger partial charge on any atom is 0.336 e. The number of carboxylic acid groups (broad SMARTS) is 1. The Morgan fingerprint density at radius 1 is 1.47 bits per heavy atom. The summed E-state index contributed by atoms with van der Waals surface area (Å²) in [6.45, 7) is 2.03. The molecule has 0 saturated carbocycles. The second-order valence-electron chi connectivity index (χ2n) is 3.15. The van der Waals surface area contributed by atoms with E-state index in [1.54, 1.807) is 19.1 Å². The standard InChI is InChI=1S/C11H13NO4S/c1-2-16-10(13)6-17-9-4-3-7(12)5-8(9)11(14)15/h3-5H,2,6,12H2,1H3,(H,14,15). The fraction of sp³-hybridized carbons (Fsp3) is 0.273. The first kappa shape index (κ1) is 13.4. The normalized spacial score (nSPS) is 9.94. The van der Waals surface area contributed by atoms with Crippen LogP contribution in [0.4, 0.5) is 5.69 Å². The lowest BCUT2D eigenvalue weighted by Crippen LogP contribution is -2.07. The van der Waals surface area contributed by atoms with Crippen molar-refractivity contribution in [1.82, 2.24) is 0 Å². The van der Waals surface area contributed by atoms with Crippen LogP contribution in [0.15, 0.2) is 23.1 Å². The predicted molar refractivity (Wildman–Crippen MR) is 65.2 cm³/mol. The maximum atomic E-state index is 11.1. The van der Waals surface area contributed by atoms with Crippen LogP contribution in [0.25, 0.3) is 0 Å². The Balaban J connectivity index is 2.77. The quantitative estimate of drug-likeness (QED) is 0.472. The summed E-state index contributed by atoms with van der Waals surface area (Å²) in [6, 6.07) is 4.55. The van der Waals surface area contributed by atoms with Gasteiger partial charge in [-0.3, -0.25) is 4.79 Å². The number of hydrogen-bond donors (Lipinski definition) is 2. The minimum Gasteiger partial charge on any atom is -0.478 e. The third-order valence-electron chi connectivity index (χ3n) is 1.88. The molecule has 1 aromatic carbocycles. The first-order chi connectivity index (χ1) is 8.04. The number of thioether (sulfide) groups is 1. The summed E-state index contributed by atoms with van der Waals surface area (Å²) in [6.07, 6.45) is 0. The van der Waals surface area contributed by atoms with Crippen LogP contribution in [0.2, 0.25) is 0 Å². The van der Waals surface area contributed by atoms with E-state index in [-0.39, 0.29) is 17.3 Å². The zero-order valence-electron chi connectivity index (χ0n) is 9.30. The van der Waals surface area contributed by atoms with E-state index in [1.807, 2.05) is 0 Å². The topological polar surface area (TPSA) is 89.6 Å². The number of carboxylic acids is 1. The van der Waals surface area contributed by atoms with Gasteiger partial charge in [0, 0.05) is 10.6 Å². The van der Waals surface area contributed by atoms with Gasteiger partial charge in [0.05, 0.1) is 17.9 Å². The lowest BCUT2D eigenvalue weighted by Gasteiger charge is -2.06. The van der Waals surface area contributed by atoms with Crippen LogP contribution in [0.3, 0.4) is 0 Å². The molecule has 0 heterocycles. The molecule has 0 aliphatic heterocycles. The zero-order chi connectivity index (χ0) is 12.8. The summed E-state index contributed by atoms with van der Waals surface area (Å²) in [7, 11) is 0. The first-order valence-electron chi connectivity index (χ1n) is 4.95.